The first-order valence-corrected chi connectivity index (χ1v) is 13.4. The molecular formula is C32H34FN3O3. The van der Waals surface area contributed by atoms with Crippen molar-refractivity contribution < 1.29 is 18.7 Å². The first kappa shape index (κ1) is 26.6. The van der Waals surface area contributed by atoms with Crippen molar-refractivity contribution in [3.63, 3.8) is 0 Å². The number of halogens is 1. The third kappa shape index (κ3) is 5.87. The molecule has 0 aliphatic heterocycles. The molecule has 2 aliphatic rings. The number of ether oxygens (including phenoxy) is 1. The molecule has 0 N–H and O–H groups in total. The van der Waals surface area contributed by atoms with Gasteiger partial charge < -0.3 is 14.5 Å². The molecule has 0 unspecified atom stereocenters. The van der Waals surface area contributed by atoms with E-state index < -0.39 is 5.97 Å². The Morgan fingerprint density at radius 1 is 1.00 bits per heavy atom. The van der Waals surface area contributed by atoms with Crippen LogP contribution in [-0.2, 0) is 20.9 Å². The lowest BCUT2D eigenvalue weighted by atomic mass is 9.87. The highest BCUT2D eigenvalue weighted by Crippen LogP contribution is 2.49. The Kier molecular flexibility index (Phi) is 7.77. The topological polar surface area (TPSA) is 62.7 Å². The largest absolute Gasteiger partial charge is 0.466 e. The van der Waals surface area contributed by atoms with Gasteiger partial charge in [-0.25, -0.2) is 9.18 Å². The quantitative estimate of drug-likeness (QED) is 0.261. The molecule has 0 spiro atoms. The van der Waals surface area contributed by atoms with Gasteiger partial charge in [0.1, 0.15) is 5.82 Å². The van der Waals surface area contributed by atoms with Gasteiger partial charge in [0.25, 0.3) is 0 Å². The number of fused-ring (bicyclic) bond motifs is 2. The Hall–Kier alpha value is -4.00. The first-order valence-electron chi connectivity index (χ1n) is 13.4. The Morgan fingerprint density at radius 2 is 1.77 bits per heavy atom. The van der Waals surface area contributed by atoms with Crippen molar-refractivity contribution in [1.29, 1.82) is 0 Å². The second-order valence-electron chi connectivity index (χ2n) is 10.8. The summed E-state index contributed by atoms with van der Waals surface area (Å²) in [4.78, 5) is 33.5. The van der Waals surface area contributed by atoms with E-state index in [9.17, 15) is 9.59 Å². The number of carbonyl (C=O) groups excluding carboxylic acids is 2. The second-order valence-corrected chi connectivity index (χ2v) is 10.8. The predicted molar refractivity (Wildman–Crippen MR) is 152 cm³/mol. The van der Waals surface area contributed by atoms with Crippen LogP contribution in [0.5, 0.6) is 0 Å². The third-order valence-corrected chi connectivity index (χ3v) is 8.09. The van der Waals surface area contributed by atoms with Crippen LogP contribution in [0.2, 0.25) is 0 Å². The van der Waals surface area contributed by atoms with Gasteiger partial charge in [-0.3, -0.25) is 9.78 Å². The molecule has 3 aromatic rings. The highest BCUT2D eigenvalue weighted by Gasteiger charge is 2.44. The Labute approximate surface area is 229 Å². The summed E-state index contributed by atoms with van der Waals surface area (Å²) in [5.74, 6) is 0.112. The number of esters is 1. The zero-order chi connectivity index (χ0) is 27.5. The van der Waals surface area contributed by atoms with Gasteiger partial charge in [0, 0.05) is 43.5 Å². The summed E-state index contributed by atoms with van der Waals surface area (Å²) in [6, 6.07) is 15.0. The molecule has 3 atom stereocenters. The Bertz CT molecular complexity index is 1390. The van der Waals surface area contributed by atoms with Crippen molar-refractivity contribution in [3.05, 3.63) is 83.9 Å². The lowest BCUT2D eigenvalue weighted by Crippen LogP contribution is -2.38. The van der Waals surface area contributed by atoms with E-state index in [1.807, 2.05) is 49.3 Å². The fourth-order valence-electron chi connectivity index (χ4n) is 5.94. The summed E-state index contributed by atoms with van der Waals surface area (Å²) < 4.78 is 20.2. The van der Waals surface area contributed by atoms with Crippen LogP contribution < -0.4 is 9.80 Å². The van der Waals surface area contributed by atoms with Gasteiger partial charge in [0.2, 0.25) is 5.91 Å². The smallest absolute Gasteiger partial charge is 0.330 e. The van der Waals surface area contributed by atoms with E-state index in [4.69, 9.17) is 0 Å². The normalized spacial score (nSPS) is 19.8. The molecule has 1 aromatic heterocycles. The van der Waals surface area contributed by atoms with Gasteiger partial charge in [0.05, 0.1) is 25.5 Å². The molecule has 0 saturated heterocycles. The molecule has 0 radical (unpaired) electrons. The zero-order valence-electron chi connectivity index (χ0n) is 22.6. The summed E-state index contributed by atoms with van der Waals surface area (Å²) in [7, 11) is 5.28. The van der Waals surface area contributed by atoms with Gasteiger partial charge in [-0.1, -0.05) is 30.7 Å². The third-order valence-electron chi connectivity index (χ3n) is 8.09. The number of carbonyl (C=O) groups is 2. The lowest BCUT2D eigenvalue weighted by Gasteiger charge is -2.30. The standard InChI is InChI=1S/C32H34FN3O3/c1-35(2)27-11-9-23(10-12-27)24-7-8-26(30(33)17-24)20-36(32(38)29-16-21-4-6-25(29)14-21)28-15-22(18-34-19-28)5-13-31(37)39-3/h5,7-13,15,17-19,21,25,29H,4,6,14,16,20H2,1-3H3/b13-5+/t21-,25+,29-/m1/s1. The van der Waals surface area contributed by atoms with Gasteiger partial charge in [-0.15, -0.1) is 0 Å². The molecular weight excluding hydrogens is 493 g/mol. The van der Waals surface area contributed by atoms with Crippen molar-refractivity contribution in [2.24, 2.45) is 17.8 Å². The van der Waals surface area contributed by atoms with Crippen LogP contribution in [0.25, 0.3) is 17.2 Å². The van der Waals surface area contributed by atoms with E-state index in [2.05, 4.69) is 9.72 Å². The SMILES string of the molecule is COC(=O)/C=C/c1cncc(N(Cc2ccc(-c3ccc(N(C)C)cc3)cc2F)C(=O)[C@@H]2C[C@@H]3CC[C@H]2C3)c1. The van der Waals surface area contributed by atoms with Crippen molar-refractivity contribution in [2.45, 2.75) is 32.2 Å². The highest BCUT2D eigenvalue weighted by molar-refractivity contribution is 5.96. The maximum Gasteiger partial charge on any atom is 0.330 e. The van der Waals surface area contributed by atoms with Crippen molar-refractivity contribution >= 4 is 29.3 Å². The van der Waals surface area contributed by atoms with Crippen molar-refractivity contribution in [1.82, 2.24) is 4.98 Å². The van der Waals surface area contributed by atoms with Crippen LogP contribution >= 0.6 is 0 Å². The van der Waals surface area contributed by atoms with Gasteiger partial charge in [0.15, 0.2) is 0 Å². The average Bonchev–Trinajstić information content (AvgIpc) is 3.59. The molecule has 2 saturated carbocycles. The molecule has 6 nitrogen and oxygen atoms in total. The average molecular weight is 528 g/mol. The van der Waals surface area contributed by atoms with Crippen LogP contribution in [0, 0.1) is 23.6 Å². The van der Waals surface area contributed by atoms with Crippen molar-refractivity contribution in [3.8, 4) is 11.1 Å². The van der Waals surface area contributed by atoms with Crippen LogP contribution in [0.15, 0.2) is 67.0 Å². The summed E-state index contributed by atoms with van der Waals surface area (Å²) in [6.45, 7) is 0.101. The van der Waals surface area contributed by atoms with E-state index in [1.54, 1.807) is 35.5 Å². The first-order chi connectivity index (χ1) is 18.8. The molecule has 1 heterocycles. The number of hydrogen-bond acceptors (Lipinski definition) is 5. The van der Waals surface area contributed by atoms with Gasteiger partial charge in [-0.05, 0) is 78.1 Å². The molecule has 2 aromatic carbocycles. The monoisotopic (exact) mass is 527 g/mol. The Morgan fingerprint density at radius 3 is 2.41 bits per heavy atom. The highest BCUT2D eigenvalue weighted by atomic mass is 19.1. The van der Waals surface area contributed by atoms with Crippen LogP contribution in [-0.4, -0.2) is 38.1 Å². The second kappa shape index (κ2) is 11.4. The Balaban J connectivity index is 1.44. The number of nitrogens with zero attached hydrogens (tertiary/aromatic N) is 3. The predicted octanol–water partition coefficient (Wildman–Crippen LogP) is 6.11. The molecule has 2 bridgehead atoms. The van der Waals surface area contributed by atoms with E-state index in [0.717, 1.165) is 36.1 Å². The lowest BCUT2D eigenvalue weighted by molar-refractivity contribution is -0.134. The minimum Gasteiger partial charge on any atom is -0.466 e. The number of benzene rings is 2. The molecule has 7 heteroatoms. The van der Waals surface area contributed by atoms with Crippen LogP contribution in [0.1, 0.15) is 36.8 Å². The number of anilines is 2. The number of methoxy groups -OCH3 is 1. The molecule has 5 rings (SSSR count). The van der Waals surface area contributed by atoms with E-state index >= 15 is 4.39 Å². The fraction of sp³-hybridized carbons (Fsp3) is 0.344. The summed E-state index contributed by atoms with van der Waals surface area (Å²) in [5, 5.41) is 0. The summed E-state index contributed by atoms with van der Waals surface area (Å²) >= 11 is 0. The van der Waals surface area contributed by atoms with Crippen molar-refractivity contribution in [2.75, 3.05) is 31.0 Å². The maximum absolute atomic E-state index is 15.5. The number of aromatic nitrogens is 1. The summed E-state index contributed by atoms with van der Waals surface area (Å²) in [6.07, 6.45) is 10.4. The minimum atomic E-state index is -0.478. The zero-order valence-corrected chi connectivity index (χ0v) is 22.6. The number of amides is 1. The molecule has 202 valence electrons. The van der Waals surface area contributed by atoms with E-state index in [1.165, 1.54) is 25.7 Å². The van der Waals surface area contributed by atoms with Crippen LogP contribution in [0.4, 0.5) is 15.8 Å². The minimum absolute atomic E-state index is 0.0147. The summed E-state index contributed by atoms with van der Waals surface area (Å²) in [5.41, 5.74) is 4.45. The molecule has 39 heavy (non-hydrogen) atoms. The molecule has 2 aliphatic carbocycles. The fourth-order valence-corrected chi connectivity index (χ4v) is 5.94. The maximum atomic E-state index is 15.5. The van der Waals surface area contributed by atoms with E-state index in [0.29, 0.717) is 28.7 Å². The van der Waals surface area contributed by atoms with Gasteiger partial charge >= 0.3 is 5.97 Å². The van der Waals surface area contributed by atoms with E-state index in [-0.39, 0.29) is 24.2 Å². The van der Waals surface area contributed by atoms with Gasteiger partial charge in [-0.2, -0.15) is 0 Å². The van der Waals surface area contributed by atoms with Crippen LogP contribution in [0.3, 0.4) is 0 Å². The number of rotatable bonds is 8. The number of pyridine rings is 1. The molecule has 2 fully saturated rings. The number of hydrogen-bond donors (Lipinski definition) is 0. The molecule has 1 amide bonds.